The van der Waals surface area contributed by atoms with Crippen LogP contribution in [-0.4, -0.2) is 9.97 Å². The Morgan fingerprint density at radius 1 is 0.293 bits per heavy atom. The Morgan fingerprint density at radius 3 is 1.31 bits per heavy atom. The number of fused-ring (bicyclic) bond motifs is 9. The van der Waals surface area contributed by atoms with Gasteiger partial charge in [0.25, 0.3) is 0 Å². The Bertz CT molecular complexity index is 2910. The van der Waals surface area contributed by atoms with Crippen LogP contribution in [0.2, 0.25) is 0 Å². The second kappa shape index (κ2) is 13.2. The quantitative estimate of drug-likeness (QED) is 0.176. The van der Waals surface area contributed by atoms with E-state index in [-0.39, 0.29) is 10.8 Å². The molecule has 1 spiro atoms. The lowest BCUT2D eigenvalue weighted by Crippen LogP contribution is -2.40. The Kier molecular flexibility index (Phi) is 7.78. The molecule has 58 heavy (non-hydrogen) atoms. The van der Waals surface area contributed by atoms with E-state index in [0.29, 0.717) is 5.82 Å². The highest BCUT2D eigenvalue weighted by Gasteiger charge is 2.53. The van der Waals surface area contributed by atoms with Crippen LogP contribution in [0.25, 0.3) is 67.3 Å². The summed E-state index contributed by atoms with van der Waals surface area (Å²) in [5.74, 6) is 0.710. The maximum atomic E-state index is 5.08. The number of hydrogen-bond acceptors (Lipinski definition) is 2. The molecule has 0 bridgehead atoms. The summed E-state index contributed by atoms with van der Waals surface area (Å²) in [7, 11) is 0. The van der Waals surface area contributed by atoms with Gasteiger partial charge in [0, 0.05) is 22.1 Å². The van der Waals surface area contributed by atoms with E-state index in [0.717, 1.165) is 39.2 Å². The number of hydrogen-bond donors (Lipinski definition) is 0. The number of benzene rings is 8. The molecule has 0 amide bonds. The largest absolute Gasteiger partial charge is 0.228 e. The van der Waals surface area contributed by atoms with Gasteiger partial charge in [0.05, 0.1) is 16.8 Å². The van der Waals surface area contributed by atoms with Crippen molar-refractivity contribution in [2.24, 2.45) is 0 Å². The Hall–Kier alpha value is -7.16. The molecule has 0 fully saturated rings. The molecular weight excluding hydrogens is 701 g/mol. The molecule has 8 aromatic carbocycles. The minimum Gasteiger partial charge on any atom is -0.228 e. The van der Waals surface area contributed by atoms with Crippen LogP contribution < -0.4 is 0 Å². The standard InChI is InChI=1S/C56H40N2/c1-55(2)48-24-11-13-26-50(48)56(51-27-14-12-25-49(51)55)46-23-10-9-22-44(46)45-35-42(32-33-47(45)56)38-30-28-37(29-31-38)41-20-15-21-43(34-41)54-57-52(39-16-5-3-6-17-39)36-53(58-54)40-18-7-4-8-19-40/h3-36H,1-2H3. The van der Waals surface area contributed by atoms with Crippen LogP contribution in [-0.2, 0) is 10.8 Å². The van der Waals surface area contributed by atoms with E-state index in [1.807, 2.05) is 12.1 Å². The third kappa shape index (κ3) is 5.18. The van der Waals surface area contributed by atoms with Gasteiger partial charge in [-0.1, -0.05) is 202 Å². The average Bonchev–Trinajstić information content (AvgIpc) is 3.59. The molecule has 2 aliphatic rings. The lowest BCUT2D eigenvalue weighted by molar-refractivity contribution is 0.563. The van der Waals surface area contributed by atoms with E-state index in [9.17, 15) is 0 Å². The summed E-state index contributed by atoms with van der Waals surface area (Å²) in [6.45, 7) is 4.75. The predicted octanol–water partition coefficient (Wildman–Crippen LogP) is 13.8. The summed E-state index contributed by atoms with van der Waals surface area (Å²) < 4.78 is 0. The van der Waals surface area contributed by atoms with Crippen molar-refractivity contribution in [3.63, 3.8) is 0 Å². The predicted molar refractivity (Wildman–Crippen MR) is 239 cm³/mol. The molecule has 2 heteroatoms. The monoisotopic (exact) mass is 740 g/mol. The van der Waals surface area contributed by atoms with Crippen LogP contribution in [0.1, 0.15) is 47.2 Å². The van der Waals surface area contributed by atoms with Crippen molar-refractivity contribution in [1.82, 2.24) is 9.97 Å². The Balaban J connectivity index is 0.979. The van der Waals surface area contributed by atoms with Crippen LogP contribution in [0.5, 0.6) is 0 Å². The summed E-state index contributed by atoms with van der Waals surface area (Å²) in [5.41, 5.74) is 20.0. The van der Waals surface area contributed by atoms with Crippen LogP contribution in [0.4, 0.5) is 0 Å². The Morgan fingerprint density at radius 2 is 0.724 bits per heavy atom. The van der Waals surface area contributed by atoms with Crippen LogP contribution in [0.3, 0.4) is 0 Å². The van der Waals surface area contributed by atoms with E-state index in [1.54, 1.807) is 0 Å². The molecule has 0 radical (unpaired) electrons. The highest BCUT2D eigenvalue weighted by molar-refractivity contribution is 5.91. The van der Waals surface area contributed by atoms with Crippen molar-refractivity contribution in [2.75, 3.05) is 0 Å². The van der Waals surface area contributed by atoms with Crippen molar-refractivity contribution in [3.8, 4) is 67.3 Å². The molecule has 274 valence electrons. The molecule has 0 N–H and O–H groups in total. The smallest absolute Gasteiger partial charge is 0.160 e. The highest BCUT2D eigenvalue weighted by atomic mass is 14.9. The zero-order valence-corrected chi connectivity index (χ0v) is 32.5. The summed E-state index contributed by atoms with van der Waals surface area (Å²) in [4.78, 5) is 10.2. The molecule has 9 aromatic rings. The van der Waals surface area contributed by atoms with Gasteiger partial charge in [-0.3, -0.25) is 0 Å². The van der Waals surface area contributed by atoms with E-state index in [2.05, 4.69) is 208 Å². The third-order valence-electron chi connectivity index (χ3n) is 12.6. The maximum absolute atomic E-state index is 5.08. The summed E-state index contributed by atoms with van der Waals surface area (Å²) in [6.07, 6.45) is 0. The first-order valence-corrected chi connectivity index (χ1v) is 20.2. The summed E-state index contributed by atoms with van der Waals surface area (Å²) in [6, 6.07) is 74.8. The fraction of sp³-hybridized carbons (Fsp3) is 0.0714. The zero-order chi connectivity index (χ0) is 38.8. The first kappa shape index (κ1) is 34.1. The second-order valence-corrected chi connectivity index (χ2v) is 16.1. The average molecular weight is 741 g/mol. The van der Waals surface area contributed by atoms with Crippen LogP contribution in [0, 0.1) is 0 Å². The fourth-order valence-corrected chi connectivity index (χ4v) is 9.83. The van der Waals surface area contributed by atoms with Gasteiger partial charge in [0.15, 0.2) is 5.82 Å². The molecule has 0 saturated carbocycles. The van der Waals surface area contributed by atoms with Gasteiger partial charge in [-0.15, -0.1) is 0 Å². The zero-order valence-electron chi connectivity index (χ0n) is 32.5. The SMILES string of the molecule is CC1(C)c2ccccc2C2(c3ccccc3-c3cc(-c4ccc(-c5cccc(-c6nc(-c7ccccc7)cc(-c7ccccc7)n6)c5)cc4)ccc32)c2ccccc21. The summed E-state index contributed by atoms with van der Waals surface area (Å²) >= 11 is 0. The molecule has 2 nitrogen and oxygen atoms in total. The van der Waals surface area contributed by atoms with Crippen LogP contribution >= 0.6 is 0 Å². The molecule has 1 aromatic heterocycles. The van der Waals surface area contributed by atoms with Crippen molar-refractivity contribution in [2.45, 2.75) is 24.7 Å². The van der Waals surface area contributed by atoms with Crippen molar-refractivity contribution in [3.05, 3.63) is 240 Å². The molecule has 2 aliphatic carbocycles. The summed E-state index contributed by atoms with van der Waals surface area (Å²) in [5, 5.41) is 0. The van der Waals surface area contributed by atoms with E-state index in [1.165, 1.54) is 55.6 Å². The van der Waals surface area contributed by atoms with Gasteiger partial charge in [0.1, 0.15) is 0 Å². The van der Waals surface area contributed by atoms with Gasteiger partial charge in [-0.25, -0.2) is 9.97 Å². The number of rotatable bonds is 5. The molecule has 0 unspecified atom stereocenters. The minimum absolute atomic E-state index is 0.109. The van der Waals surface area contributed by atoms with Crippen molar-refractivity contribution >= 4 is 0 Å². The minimum atomic E-state index is -0.381. The topological polar surface area (TPSA) is 25.8 Å². The lowest BCUT2D eigenvalue weighted by Gasteiger charge is -2.46. The first-order chi connectivity index (χ1) is 28.5. The van der Waals surface area contributed by atoms with E-state index >= 15 is 0 Å². The van der Waals surface area contributed by atoms with Crippen LogP contribution in [0.15, 0.2) is 206 Å². The first-order valence-electron chi connectivity index (χ1n) is 20.2. The molecule has 1 heterocycles. The van der Waals surface area contributed by atoms with Gasteiger partial charge in [-0.05, 0) is 85.0 Å². The number of nitrogens with zero attached hydrogens (tertiary/aromatic N) is 2. The molecular formula is C56H40N2. The number of aromatic nitrogens is 2. The van der Waals surface area contributed by atoms with Crippen molar-refractivity contribution in [1.29, 1.82) is 0 Å². The molecule has 11 rings (SSSR count). The second-order valence-electron chi connectivity index (χ2n) is 16.1. The fourth-order valence-electron chi connectivity index (χ4n) is 9.83. The lowest BCUT2D eigenvalue weighted by atomic mass is 9.55. The third-order valence-corrected chi connectivity index (χ3v) is 12.6. The van der Waals surface area contributed by atoms with Crippen molar-refractivity contribution < 1.29 is 0 Å². The maximum Gasteiger partial charge on any atom is 0.160 e. The molecule has 0 aliphatic heterocycles. The Labute approximate surface area is 340 Å². The van der Waals surface area contributed by atoms with E-state index < -0.39 is 0 Å². The van der Waals surface area contributed by atoms with E-state index in [4.69, 9.17) is 9.97 Å². The molecule has 0 atom stereocenters. The normalized spacial score (nSPS) is 14.0. The van der Waals surface area contributed by atoms with Gasteiger partial charge < -0.3 is 0 Å². The van der Waals surface area contributed by atoms with Gasteiger partial charge in [0.2, 0.25) is 0 Å². The van der Waals surface area contributed by atoms with Gasteiger partial charge in [-0.2, -0.15) is 0 Å². The highest BCUT2D eigenvalue weighted by Crippen LogP contribution is 2.62. The molecule has 0 saturated heterocycles. The van der Waals surface area contributed by atoms with Gasteiger partial charge >= 0.3 is 0 Å².